The second-order valence-electron chi connectivity index (χ2n) is 3.26. The average Bonchev–Trinajstić information content (AvgIpc) is 2.36. The molecular weight excluding hydrogens is 172 g/mol. The molecule has 0 spiro atoms. The molecular formula is C8H16N2OS. The van der Waals surface area contributed by atoms with Crippen molar-refractivity contribution in [2.24, 2.45) is 5.73 Å². The zero-order chi connectivity index (χ0) is 9.14. The highest BCUT2D eigenvalue weighted by Crippen LogP contribution is 2.26. The Morgan fingerprint density at radius 3 is 2.83 bits per heavy atom. The average molecular weight is 188 g/mol. The summed E-state index contributed by atoms with van der Waals surface area (Å²) in [6, 6.07) is 0.258. The first-order valence-electron chi connectivity index (χ1n) is 4.28. The number of rotatable bonds is 3. The Balaban J connectivity index is 2.35. The lowest BCUT2D eigenvalue weighted by Gasteiger charge is -2.19. The molecule has 0 aromatic carbocycles. The molecule has 2 unspecified atom stereocenters. The summed E-state index contributed by atoms with van der Waals surface area (Å²) in [5, 5.41) is 3.84. The zero-order valence-electron chi connectivity index (χ0n) is 7.54. The Bertz CT molecular complexity index is 174. The molecule has 3 N–H and O–H groups in total. The van der Waals surface area contributed by atoms with E-state index < -0.39 is 0 Å². The van der Waals surface area contributed by atoms with E-state index >= 15 is 0 Å². The molecule has 70 valence electrons. The molecule has 3 nitrogen and oxygen atoms in total. The number of thioether (sulfide) groups is 1. The summed E-state index contributed by atoms with van der Waals surface area (Å²) in [6.07, 6.45) is 1.14. The van der Waals surface area contributed by atoms with Gasteiger partial charge in [0.15, 0.2) is 0 Å². The van der Waals surface area contributed by atoms with Crippen LogP contribution in [0.3, 0.4) is 0 Å². The predicted molar refractivity (Wildman–Crippen MR) is 52.1 cm³/mol. The molecule has 1 aliphatic heterocycles. The van der Waals surface area contributed by atoms with Crippen molar-refractivity contribution in [2.45, 2.75) is 37.6 Å². The Hall–Kier alpha value is -0.220. The fourth-order valence-corrected chi connectivity index (χ4v) is 2.56. The Morgan fingerprint density at radius 1 is 1.75 bits per heavy atom. The second kappa shape index (κ2) is 4.14. The molecule has 0 aliphatic carbocycles. The van der Waals surface area contributed by atoms with Crippen molar-refractivity contribution >= 4 is 17.7 Å². The van der Waals surface area contributed by atoms with Crippen LogP contribution in [-0.4, -0.2) is 29.0 Å². The summed E-state index contributed by atoms with van der Waals surface area (Å²) in [4.78, 5) is 10.7. The maximum Gasteiger partial charge on any atom is 0.234 e. The van der Waals surface area contributed by atoms with Crippen LogP contribution in [0.5, 0.6) is 0 Å². The molecule has 1 rings (SSSR count). The van der Waals surface area contributed by atoms with Crippen molar-refractivity contribution in [3.8, 4) is 0 Å². The van der Waals surface area contributed by atoms with Gasteiger partial charge < -0.3 is 11.1 Å². The van der Waals surface area contributed by atoms with Crippen molar-refractivity contribution in [1.82, 2.24) is 5.32 Å². The molecule has 12 heavy (non-hydrogen) atoms. The highest BCUT2D eigenvalue weighted by atomic mass is 32.2. The SMILES string of the molecule is CC1SCCC1N[C@@H](C)C(N)=O. The van der Waals surface area contributed by atoms with Crippen molar-refractivity contribution in [2.75, 3.05) is 5.75 Å². The highest BCUT2D eigenvalue weighted by Gasteiger charge is 2.25. The smallest absolute Gasteiger partial charge is 0.234 e. The van der Waals surface area contributed by atoms with E-state index in [2.05, 4.69) is 12.2 Å². The van der Waals surface area contributed by atoms with Crippen LogP contribution >= 0.6 is 11.8 Å². The molecule has 3 atom stereocenters. The number of amides is 1. The first kappa shape index (κ1) is 9.86. The van der Waals surface area contributed by atoms with Crippen molar-refractivity contribution in [1.29, 1.82) is 0 Å². The number of hydrogen-bond acceptors (Lipinski definition) is 3. The molecule has 1 aliphatic rings. The van der Waals surface area contributed by atoms with E-state index in [1.807, 2.05) is 18.7 Å². The zero-order valence-corrected chi connectivity index (χ0v) is 8.36. The van der Waals surface area contributed by atoms with Gasteiger partial charge in [-0.15, -0.1) is 0 Å². The molecule has 0 saturated carbocycles. The maximum absolute atomic E-state index is 10.7. The quantitative estimate of drug-likeness (QED) is 0.671. The maximum atomic E-state index is 10.7. The number of carbonyl (C=O) groups is 1. The lowest BCUT2D eigenvalue weighted by molar-refractivity contribution is -0.119. The van der Waals surface area contributed by atoms with Gasteiger partial charge in [-0.05, 0) is 19.1 Å². The third-order valence-corrected chi connectivity index (χ3v) is 3.59. The summed E-state index contributed by atoms with van der Waals surface area (Å²) >= 11 is 1.94. The molecule has 1 fully saturated rings. The summed E-state index contributed by atoms with van der Waals surface area (Å²) < 4.78 is 0. The first-order chi connectivity index (χ1) is 5.61. The van der Waals surface area contributed by atoms with E-state index in [-0.39, 0.29) is 11.9 Å². The van der Waals surface area contributed by atoms with Gasteiger partial charge in [0, 0.05) is 11.3 Å². The Kier molecular flexibility index (Phi) is 3.40. The summed E-state index contributed by atoms with van der Waals surface area (Å²) in [5.74, 6) is 0.920. The van der Waals surface area contributed by atoms with Gasteiger partial charge in [0.2, 0.25) is 5.91 Å². The van der Waals surface area contributed by atoms with E-state index in [4.69, 9.17) is 5.73 Å². The Morgan fingerprint density at radius 2 is 2.42 bits per heavy atom. The van der Waals surface area contributed by atoms with E-state index in [1.165, 1.54) is 5.75 Å². The standard InChI is InChI=1S/C8H16N2OS/c1-5(8(9)11)10-7-3-4-12-6(7)2/h5-7,10H,3-4H2,1-2H3,(H2,9,11)/t5-,6?,7?/m0/s1. The second-order valence-corrected chi connectivity index (χ2v) is 4.75. The van der Waals surface area contributed by atoms with Gasteiger partial charge in [-0.1, -0.05) is 6.92 Å². The minimum atomic E-state index is -0.265. The van der Waals surface area contributed by atoms with E-state index in [0.29, 0.717) is 11.3 Å². The van der Waals surface area contributed by atoms with Gasteiger partial charge in [-0.2, -0.15) is 11.8 Å². The lowest BCUT2D eigenvalue weighted by Crippen LogP contribution is -2.46. The van der Waals surface area contributed by atoms with E-state index in [1.54, 1.807) is 0 Å². The highest BCUT2D eigenvalue weighted by molar-refractivity contribution is 8.00. The number of nitrogens with two attached hydrogens (primary N) is 1. The van der Waals surface area contributed by atoms with Crippen LogP contribution in [0.1, 0.15) is 20.3 Å². The number of carbonyl (C=O) groups excluding carboxylic acids is 1. The molecule has 4 heteroatoms. The number of nitrogens with one attached hydrogen (secondary N) is 1. The van der Waals surface area contributed by atoms with Gasteiger partial charge in [-0.25, -0.2) is 0 Å². The minimum Gasteiger partial charge on any atom is -0.368 e. The largest absolute Gasteiger partial charge is 0.368 e. The summed E-state index contributed by atoms with van der Waals surface area (Å²) in [6.45, 7) is 4.00. The van der Waals surface area contributed by atoms with Crippen molar-refractivity contribution < 1.29 is 4.79 Å². The van der Waals surface area contributed by atoms with Crippen LogP contribution in [0, 0.1) is 0 Å². The number of hydrogen-bond donors (Lipinski definition) is 2. The molecule has 0 bridgehead atoms. The topological polar surface area (TPSA) is 55.1 Å². The van der Waals surface area contributed by atoms with E-state index in [9.17, 15) is 4.79 Å². The third-order valence-electron chi connectivity index (χ3n) is 2.27. The fourth-order valence-electron chi connectivity index (χ4n) is 1.35. The molecule has 1 amide bonds. The summed E-state index contributed by atoms with van der Waals surface area (Å²) in [7, 11) is 0. The number of primary amides is 1. The van der Waals surface area contributed by atoms with Gasteiger partial charge in [0.1, 0.15) is 0 Å². The predicted octanol–water partition coefficient (Wildman–Crippen LogP) is 0.344. The third kappa shape index (κ3) is 2.38. The summed E-state index contributed by atoms with van der Waals surface area (Å²) in [5.41, 5.74) is 5.15. The minimum absolute atomic E-state index is 0.198. The molecule has 0 aromatic heterocycles. The van der Waals surface area contributed by atoms with Gasteiger partial charge >= 0.3 is 0 Å². The fraction of sp³-hybridized carbons (Fsp3) is 0.875. The molecule has 1 saturated heterocycles. The van der Waals surface area contributed by atoms with Crippen molar-refractivity contribution in [3.05, 3.63) is 0 Å². The van der Waals surface area contributed by atoms with Gasteiger partial charge in [0.05, 0.1) is 6.04 Å². The van der Waals surface area contributed by atoms with Crippen LogP contribution < -0.4 is 11.1 Å². The lowest BCUT2D eigenvalue weighted by atomic mass is 10.1. The van der Waals surface area contributed by atoms with Crippen LogP contribution in [0.2, 0.25) is 0 Å². The van der Waals surface area contributed by atoms with Crippen molar-refractivity contribution in [3.63, 3.8) is 0 Å². The Labute approximate surface area is 77.5 Å². The van der Waals surface area contributed by atoms with Crippen LogP contribution in [0.4, 0.5) is 0 Å². The normalized spacial score (nSPS) is 31.8. The molecule has 0 aromatic rings. The van der Waals surface area contributed by atoms with E-state index in [0.717, 1.165) is 6.42 Å². The van der Waals surface area contributed by atoms with Crippen LogP contribution in [-0.2, 0) is 4.79 Å². The monoisotopic (exact) mass is 188 g/mol. The van der Waals surface area contributed by atoms with Crippen LogP contribution in [0.15, 0.2) is 0 Å². The first-order valence-corrected chi connectivity index (χ1v) is 5.33. The molecule has 1 heterocycles. The van der Waals surface area contributed by atoms with Crippen LogP contribution in [0.25, 0.3) is 0 Å². The van der Waals surface area contributed by atoms with Gasteiger partial charge in [-0.3, -0.25) is 4.79 Å². The van der Waals surface area contributed by atoms with Gasteiger partial charge in [0.25, 0.3) is 0 Å². The molecule has 0 radical (unpaired) electrons.